The van der Waals surface area contributed by atoms with E-state index in [1.807, 2.05) is 0 Å². The Morgan fingerprint density at radius 3 is 0.667 bits per heavy atom. The predicted octanol–water partition coefficient (Wildman–Crippen LogP) is 23.0. The van der Waals surface area contributed by atoms with Crippen molar-refractivity contribution >= 4 is 17.9 Å². The van der Waals surface area contributed by atoms with E-state index >= 15 is 0 Å². The van der Waals surface area contributed by atoms with Gasteiger partial charge in [0.15, 0.2) is 6.10 Å². The lowest BCUT2D eigenvalue weighted by molar-refractivity contribution is -0.167. The fourth-order valence-electron chi connectivity index (χ4n) is 10.3. The van der Waals surface area contributed by atoms with E-state index in [4.69, 9.17) is 14.2 Å². The van der Waals surface area contributed by atoms with Crippen molar-refractivity contribution < 1.29 is 28.6 Å². The van der Waals surface area contributed by atoms with E-state index in [9.17, 15) is 14.4 Å². The Bertz CT molecular complexity index is 1210. The Hall–Kier alpha value is -2.11. The summed E-state index contributed by atoms with van der Waals surface area (Å²) in [6, 6.07) is 0. The molecule has 0 rings (SSSR count). The fraction of sp³-hybridized carbons (Fsp3) is 0.899. The van der Waals surface area contributed by atoms with Gasteiger partial charge in [0, 0.05) is 19.3 Å². The van der Waals surface area contributed by atoms with Crippen LogP contribution in [0.3, 0.4) is 0 Å². The van der Waals surface area contributed by atoms with Crippen LogP contribution in [0.15, 0.2) is 24.3 Å². The highest BCUT2D eigenvalue weighted by Crippen LogP contribution is 2.18. The van der Waals surface area contributed by atoms with Gasteiger partial charge in [-0.2, -0.15) is 0 Å². The number of ether oxygens (including phenoxy) is 3. The molecule has 0 aromatic heterocycles. The molecule has 0 bridgehead atoms. The first-order valence-electron chi connectivity index (χ1n) is 33.8. The molecule has 0 aromatic rings. The first-order valence-corrected chi connectivity index (χ1v) is 33.8. The predicted molar refractivity (Wildman–Crippen MR) is 326 cm³/mol. The Balaban J connectivity index is 4.20. The van der Waals surface area contributed by atoms with Gasteiger partial charge in [-0.3, -0.25) is 14.4 Å². The van der Waals surface area contributed by atoms with E-state index in [-0.39, 0.29) is 31.1 Å². The SMILES string of the molecule is CCCCCCC/C=C\CCCCCCCC(=O)OCC(COC(=O)CCCCCCCCCCCCCCCCC/C=C\CCCCCCCCCC)OC(=O)CCCCCCCCCCCCCCCCCC. The second-order valence-corrected chi connectivity index (χ2v) is 23.1. The smallest absolute Gasteiger partial charge is 0.306 e. The third kappa shape index (κ3) is 62.6. The van der Waals surface area contributed by atoms with Gasteiger partial charge < -0.3 is 14.2 Å². The number of hydrogen-bond acceptors (Lipinski definition) is 6. The zero-order valence-corrected chi connectivity index (χ0v) is 50.8. The summed E-state index contributed by atoms with van der Waals surface area (Å²) in [7, 11) is 0. The average molecular weight is 1060 g/mol. The van der Waals surface area contributed by atoms with E-state index in [1.165, 1.54) is 276 Å². The summed E-state index contributed by atoms with van der Waals surface area (Å²) < 4.78 is 17.0. The van der Waals surface area contributed by atoms with Gasteiger partial charge in [-0.05, 0) is 70.6 Å². The topological polar surface area (TPSA) is 78.9 Å². The van der Waals surface area contributed by atoms with E-state index in [1.54, 1.807) is 0 Å². The Morgan fingerprint density at radius 2 is 0.440 bits per heavy atom. The van der Waals surface area contributed by atoms with Gasteiger partial charge in [-0.15, -0.1) is 0 Å². The van der Waals surface area contributed by atoms with Crippen molar-refractivity contribution in [2.45, 2.75) is 386 Å². The van der Waals surface area contributed by atoms with Gasteiger partial charge in [-0.25, -0.2) is 0 Å². The van der Waals surface area contributed by atoms with Gasteiger partial charge >= 0.3 is 17.9 Å². The van der Waals surface area contributed by atoms with Crippen molar-refractivity contribution in [3.63, 3.8) is 0 Å². The first kappa shape index (κ1) is 72.9. The van der Waals surface area contributed by atoms with E-state index in [0.717, 1.165) is 64.2 Å². The van der Waals surface area contributed by atoms with Gasteiger partial charge in [0.05, 0.1) is 0 Å². The molecule has 6 heteroatoms. The monoisotopic (exact) mass is 1050 g/mol. The molecule has 6 nitrogen and oxygen atoms in total. The summed E-state index contributed by atoms with van der Waals surface area (Å²) in [5.41, 5.74) is 0. The quantitative estimate of drug-likeness (QED) is 0.0261. The lowest BCUT2D eigenvalue weighted by atomic mass is 10.0. The Labute approximate surface area is 468 Å². The van der Waals surface area contributed by atoms with Crippen molar-refractivity contribution in [1.29, 1.82) is 0 Å². The Morgan fingerprint density at radius 1 is 0.253 bits per heavy atom. The molecule has 0 saturated carbocycles. The standard InChI is InChI=1S/C69H130O6/c1-4-7-10-13-16-19-22-25-28-30-31-32-33-34-35-36-37-38-39-40-42-44-47-50-53-56-59-62-68(71)74-65-66(64-73-67(70)61-58-55-52-49-46-43-27-24-21-18-15-12-9-6-3)75-69(72)63-60-57-54-51-48-45-41-29-26-23-20-17-14-11-8-5-2/h24,27,30-31,66H,4-23,25-26,28-29,32-65H2,1-3H3/b27-24-,31-30-. The third-order valence-electron chi connectivity index (χ3n) is 15.4. The summed E-state index contributed by atoms with van der Waals surface area (Å²) in [6.45, 7) is 6.69. The zero-order chi connectivity index (χ0) is 54.3. The van der Waals surface area contributed by atoms with E-state index < -0.39 is 6.10 Å². The van der Waals surface area contributed by atoms with Crippen LogP contribution in [-0.2, 0) is 28.6 Å². The van der Waals surface area contributed by atoms with Crippen LogP contribution in [0.25, 0.3) is 0 Å². The highest BCUT2D eigenvalue weighted by Gasteiger charge is 2.19. The van der Waals surface area contributed by atoms with Crippen LogP contribution in [0.4, 0.5) is 0 Å². The maximum atomic E-state index is 12.9. The van der Waals surface area contributed by atoms with Crippen LogP contribution >= 0.6 is 0 Å². The molecule has 0 aliphatic rings. The normalized spacial score (nSPS) is 12.1. The molecule has 442 valence electrons. The summed E-state index contributed by atoms with van der Waals surface area (Å²) in [5, 5.41) is 0. The summed E-state index contributed by atoms with van der Waals surface area (Å²) in [6.07, 6.45) is 77.7. The molecule has 1 atom stereocenters. The minimum absolute atomic E-state index is 0.0680. The molecule has 0 heterocycles. The van der Waals surface area contributed by atoms with E-state index in [2.05, 4.69) is 45.1 Å². The maximum Gasteiger partial charge on any atom is 0.306 e. The van der Waals surface area contributed by atoms with Crippen molar-refractivity contribution in [2.24, 2.45) is 0 Å². The van der Waals surface area contributed by atoms with Crippen molar-refractivity contribution in [1.82, 2.24) is 0 Å². The van der Waals surface area contributed by atoms with Crippen LogP contribution in [0.1, 0.15) is 380 Å². The van der Waals surface area contributed by atoms with Crippen molar-refractivity contribution in [3.8, 4) is 0 Å². The fourth-order valence-corrected chi connectivity index (χ4v) is 10.3. The molecule has 0 fully saturated rings. The molecular weight excluding hydrogens is 925 g/mol. The van der Waals surface area contributed by atoms with Crippen LogP contribution in [0, 0.1) is 0 Å². The van der Waals surface area contributed by atoms with Gasteiger partial charge in [0.2, 0.25) is 0 Å². The second-order valence-electron chi connectivity index (χ2n) is 23.1. The molecule has 75 heavy (non-hydrogen) atoms. The van der Waals surface area contributed by atoms with Crippen LogP contribution in [0.5, 0.6) is 0 Å². The molecule has 0 amide bonds. The van der Waals surface area contributed by atoms with Crippen LogP contribution < -0.4 is 0 Å². The lowest BCUT2D eigenvalue weighted by Crippen LogP contribution is -2.30. The second kappa shape index (κ2) is 64.4. The highest BCUT2D eigenvalue weighted by atomic mass is 16.6. The minimum Gasteiger partial charge on any atom is -0.462 e. The lowest BCUT2D eigenvalue weighted by Gasteiger charge is -2.18. The molecule has 1 unspecified atom stereocenters. The van der Waals surface area contributed by atoms with E-state index in [0.29, 0.717) is 19.3 Å². The zero-order valence-electron chi connectivity index (χ0n) is 50.8. The molecule has 0 N–H and O–H groups in total. The largest absolute Gasteiger partial charge is 0.462 e. The molecular formula is C69H130O6. The third-order valence-corrected chi connectivity index (χ3v) is 15.4. The molecule has 0 aliphatic carbocycles. The summed E-state index contributed by atoms with van der Waals surface area (Å²) >= 11 is 0. The number of rotatable bonds is 63. The highest BCUT2D eigenvalue weighted by molar-refractivity contribution is 5.71. The number of carbonyl (C=O) groups is 3. The number of carbonyl (C=O) groups excluding carboxylic acids is 3. The number of unbranched alkanes of at least 4 members (excludes halogenated alkanes) is 48. The molecule has 0 aliphatic heterocycles. The number of esters is 3. The van der Waals surface area contributed by atoms with Crippen molar-refractivity contribution in [3.05, 3.63) is 24.3 Å². The maximum absolute atomic E-state index is 12.9. The molecule has 0 saturated heterocycles. The first-order chi connectivity index (χ1) is 37.0. The van der Waals surface area contributed by atoms with Crippen molar-refractivity contribution in [2.75, 3.05) is 13.2 Å². The number of allylic oxidation sites excluding steroid dienone is 4. The van der Waals surface area contributed by atoms with Crippen LogP contribution in [0.2, 0.25) is 0 Å². The van der Waals surface area contributed by atoms with Gasteiger partial charge in [0.1, 0.15) is 13.2 Å². The molecule has 0 spiro atoms. The average Bonchev–Trinajstić information content (AvgIpc) is 3.41. The number of hydrogen-bond donors (Lipinski definition) is 0. The van der Waals surface area contributed by atoms with Gasteiger partial charge in [0.25, 0.3) is 0 Å². The molecule has 0 radical (unpaired) electrons. The van der Waals surface area contributed by atoms with Crippen LogP contribution in [-0.4, -0.2) is 37.2 Å². The minimum atomic E-state index is -0.771. The Kier molecular flexibility index (Phi) is 62.6. The summed E-state index contributed by atoms with van der Waals surface area (Å²) in [5.74, 6) is -0.848. The summed E-state index contributed by atoms with van der Waals surface area (Å²) in [4.78, 5) is 38.3. The van der Waals surface area contributed by atoms with Gasteiger partial charge in [-0.1, -0.05) is 315 Å². The molecule has 0 aromatic carbocycles.